The molecule has 31 heavy (non-hydrogen) atoms. The molecule has 1 fully saturated rings. The van der Waals surface area contributed by atoms with Gasteiger partial charge in [0.2, 0.25) is 21.8 Å². The van der Waals surface area contributed by atoms with Gasteiger partial charge in [-0.2, -0.15) is 4.31 Å². The molecule has 0 aliphatic carbocycles. The van der Waals surface area contributed by atoms with Crippen LogP contribution in [0.25, 0.3) is 0 Å². The van der Waals surface area contributed by atoms with E-state index in [0.29, 0.717) is 5.75 Å². The van der Waals surface area contributed by atoms with Crippen molar-refractivity contribution in [2.45, 2.75) is 25.6 Å². The highest BCUT2D eigenvalue weighted by molar-refractivity contribution is 7.88. The molecule has 1 saturated heterocycles. The van der Waals surface area contributed by atoms with Crippen molar-refractivity contribution < 1.29 is 22.7 Å². The van der Waals surface area contributed by atoms with Crippen LogP contribution in [-0.2, 0) is 32.7 Å². The van der Waals surface area contributed by atoms with E-state index >= 15 is 0 Å². The highest BCUT2D eigenvalue weighted by Crippen LogP contribution is 2.29. The molecule has 1 aliphatic heterocycles. The lowest BCUT2D eigenvalue weighted by Gasteiger charge is -2.46. The number of hydrogen-bond donors (Lipinski definition) is 1. The summed E-state index contributed by atoms with van der Waals surface area (Å²) in [6, 6.07) is 16.6. The van der Waals surface area contributed by atoms with Crippen molar-refractivity contribution >= 4 is 21.8 Å². The fourth-order valence-electron chi connectivity index (χ4n) is 3.66. The molecule has 3 rings (SSSR count). The summed E-state index contributed by atoms with van der Waals surface area (Å²) in [7, 11) is -2.12. The summed E-state index contributed by atoms with van der Waals surface area (Å²) >= 11 is 0. The summed E-state index contributed by atoms with van der Waals surface area (Å²) in [5, 5.41) is 2.86. The molecule has 9 heteroatoms. The van der Waals surface area contributed by atoms with Gasteiger partial charge in [0.15, 0.2) is 0 Å². The molecule has 0 aromatic heterocycles. The molecule has 0 bridgehead atoms. The van der Waals surface area contributed by atoms with Crippen LogP contribution in [0.15, 0.2) is 54.6 Å². The number of amides is 2. The van der Waals surface area contributed by atoms with Gasteiger partial charge < -0.3 is 15.0 Å². The quantitative estimate of drug-likeness (QED) is 0.695. The predicted molar refractivity (Wildman–Crippen MR) is 117 cm³/mol. The molecule has 2 amide bonds. The zero-order chi connectivity index (χ0) is 22.6. The minimum atomic E-state index is -3.66. The minimum absolute atomic E-state index is 0.121. The van der Waals surface area contributed by atoms with Gasteiger partial charge in [-0.1, -0.05) is 48.5 Å². The molecular weight excluding hydrogens is 418 g/mol. The van der Waals surface area contributed by atoms with Crippen molar-refractivity contribution in [1.82, 2.24) is 14.5 Å². The maximum absolute atomic E-state index is 13.3. The Morgan fingerprint density at radius 1 is 1.13 bits per heavy atom. The maximum Gasteiger partial charge on any atom is 0.247 e. The second kappa shape index (κ2) is 9.07. The number of rotatable bonds is 7. The average molecular weight is 446 g/mol. The number of sulfonamides is 1. The highest BCUT2D eigenvalue weighted by atomic mass is 32.2. The number of methoxy groups -OCH3 is 1. The zero-order valence-corrected chi connectivity index (χ0v) is 18.7. The van der Waals surface area contributed by atoms with E-state index in [1.165, 1.54) is 12.0 Å². The van der Waals surface area contributed by atoms with Crippen LogP contribution in [0.2, 0.25) is 0 Å². The van der Waals surface area contributed by atoms with Crippen molar-refractivity contribution in [1.29, 1.82) is 0 Å². The molecule has 0 spiro atoms. The largest absolute Gasteiger partial charge is 0.496 e. The molecule has 2 aromatic rings. The minimum Gasteiger partial charge on any atom is -0.496 e. The molecule has 0 saturated carbocycles. The van der Waals surface area contributed by atoms with Gasteiger partial charge in [-0.05, 0) is 18.6 Å². The second-order valence-corrected chi connectivity index (χ2v) is 9.75. The summed E-state index contributed by atoms with van der Waals surface area (Å²) in [6.45, 7) is 1.54. The maximum atomic E-state index is 13.3. The average Bonchev–Trinajstić information content (AvgIpc) is 2.74. The van der Waals surface area contributed by atoms with Gasteiger partial charge in [-0.15, -0.1) is 0 Å². The zero-order valence-electron chi connectivity index (χ0n) is 17.9. The van der Waals surface area contributed by atoms with Gasteiger partial charge in [-0.25, -0.2) is 8.42 Å². The predicted octanol–water partition coefficient (Wildman–Crippen LogP) is 1.37. The van der Waals surface area contributed by atoms with Crippen LogP contribution in [-0.4, -0.2) is 61.4 Å². The number of carbonyl (C=O) groups is 2. The van der Waals surface area contributed by atoms with Crippen LogP contribution in [0.5, 0.6) is 5.75 Å². The third-order valence-corrected chi connectivity index (χ3v) is 6.66. The van der Waals surface area contributed by atoms with E-state index < -0.39 is 27.4 Å². The summed E-state index contributed by atoms with van der Waals surface area (Å²) in [5.74, 6) is -0.277. The Balaban J connectivity index is 1.92. The van der Waals surface area contributed by atoms with Crippen LogP contribution < -0.4 is 10.1 Å². The standard InChI is InChI=1S/C22H27N3O5S/c1-22(21(27)23-13-17-9-5-4-6-10-17)16-24(31(3,28)29)15-20(26)25(22)14-18-11-7-8-12-19(18)30-2/h4-12H,13-16H2,1-3H3,(H,23,27). The first-order chi connectivity index (χ1) is 14.6. The van der Waals surface area contributed by atoms with Crippen LogP contribution in [0, 0.1) is 0 Å². The number of para-hydroxylation sites is 1. The first kappa shape index (κ1) is 22.8. The molecule has 1 unspecified atom stereocenters. The van der Waals surface area contributed by atoms with Crippen molar-refractivity contribution in [3.63, 3.8) is 0 Å². The molecule has 0 radical (unpaired) electrons. The fourth-order valence-corrected chi connectivity index (χ4v) is 4.49. The topological polar surface area (TPSA) is 96.0 Å². The molecule has 1 atom stereocenters. The number of carbonyl (C=O) groups excluding carboxylic acids is 2. The molecule has 1 N–H and O–H groups in total. The van der Waals surface area contributed by atoms with E-state index in [9.17, 15) is 18.0 Å². The Bertz CT molecular complexity index is 1060. The Hall–Kier alpha value is -2.91. The van der Waals surface area contributed by atoms with Gasteiger partial charge in [-0.3, -0.25) is 9.59 Å². The van der Waals surface area contributed by atoms with Gasteiger partial charge in [0, 0.05) is 18.7 Å². The Morgan fingerprint density at radius 3 is 2.42 bits per heavy atom. The molecular formula is C22H27N3O5S. The Morgan fingerprint density at radius 2 is 1.77 bits per heavy atom. The van der Waals surface area contributed by atoms with Crippen molar-refractivity contribution in [3.05, 3.63) is 65.7 Å². The van der Waals surface area contributed by atoms with Crippen LogP contribution in [0.3, 0.4) is 0 Å². The lowest BCUT2D eigenvalue weighted by molar-refractivity contribution is -0.153. The van der Waals surface area contributed by atoms with Gasteiger partial charge in [0.1, 0.15) is 11.3 Å². The number of ether oxygens (including phenoxy) is 1. The number of benzene rings is 2. The van der Waals surface area contributed by atoms with Crippen molar-refractivity contribution in [2.24, 2.45) is 0 Å². The summed E-state index contributed by atoms with van der Waals surface area (Å²) in [4.78, 5) is 27.8. The lowest BCUT2D eigenvalue weighted by atomic mass is 9.94. The van der Waals surface area contributed by atoms with E-state index in [1.807, 2.05) is 48.5 Å². The molecule has 166 valence electrons. The number of hydrogen-bond acceptors (Lipinski definition) is 5. The van der Waals surface area contributed by atoms with E-state index in [-0.39, 0.29) is 26.2 Å². The van der Waals surface area contributed by atoms with E-state index in [1.54, 1.807) is 13.0 Å². The van der Waals surface area contributed by atoms with Crippen molar-refractivity contribution in [3.8, 4) is 5.75 Å². The molecule has 1 heterocycles. The van der Waals surface area contributed by atoms with E-state index in [2.05, 4.69) is 5.32 Å². The molecule has 1 aliphatic rings. The SMILES string of the molecule is COc1ccccc1CN1C(=O)CN(S(C)(=O)=O)CC1(C)C(=O)NCc1ccccc1. The monoisotopic (exact) mass is 445 g/mol. The van der Waals surface area contributed by atoms with E-state index in [4.69, 9.17) is 4.74 Å². The van der Waals surface area contributed by atoms with Gasteiger partial charge in [0.25, 0.3) is 0 Å². The first-order valence-corrected chi connectivity index (χ1v) is 11.7. The highest BCUT2D eigenvalue weighted by Gasteiger charge is 2.49. The van der Waals surface area contributed by atoms with Gasteiger partial charge in [0.05, 0.1) is 26.5 Å². The normalized spacial score (nSPS) is 19.8. The van der Waals surface area contributed by atoms with Gasteiger partial charge >= 0.3 is 0 Å². The summed E-state index contributed by atoms with van der Waals surface area (Å²) in [5.41, 5.74) is 0.236. The third kappa shape index (κ3) is 5.05. The Kier molecular flexibility index (Phi) is 6.66. The fraction of sp³-hybridized carbons (Fsp3) is 0.364. The van der Waals surface area contributed by atoms with Crippen molar-refractivity contribution in [2.75, 3.05) is 26.5 Å². The number of nitrogens with zero attached hydrogens (tertiary/aromatic N) is 2. The number of piperazine rings is 1. The van der Waals surface area contributed by atoms with Crippen LogP contribution in [0.4, 0.5) is 0 Å². The van der Waals surface area contributed by atoms with Crippen LogP contribution >= 0.6 is 0 Å². The summed E-state index contributed by atoms with van der Waals surface area (Å²) < 4.78 is 30.8. The Labute approximate surface area is 182 Å². The summed E-state index contributed by atoms with van der Waals surface area (Å²) in [6.07, 6.45) is 1.04. The second-order valence-electron chi connectivity index (χ2n) is 7.76. The first-order valence-electron chi connectivity index (χ1n) is 9.85. The number of nitrogens with one attached hydrogen (secondary N) is 1. The third-order valence-electron chi connectivity index (χ3n) is 5.47. The molecule has 8 nitrogen and oxygen atoms in total. The van der Waals surface area contributed by atoms with E-state index in [0.717, 1.165) is 21.7 Å². The lowest BCUT2D eigenvalue weighted by Crippen LogP contribution is -2.69. The van der Waals surface area contributed by atoms with Crippen LogP contribution in [0.1, 0.15) is 18.1 Å². The smallest absolute Gasteiger partial charge is 0.247 e. The molecule has 2 aromatic carbocycles.